The number of hydrogen-bond acceptors (Lipinski definition) is 2. The average molecular weight is 397 g/mol. The highest BCUT2D eigenvalue weighted by molar-refractivity contribution is 6.34. The lowest BCUT2D eigenvalue weighted by Gasteiger charge is -2.19. The van der Waals surface area contributed by atoms with Crippen LogP contribution in [0.4, 0.5) is 18.9 Å². The van der Waals surface area contributed by atoms with Crippen molar-refractivity contribution >= 4 is 29.0 Å². The zero-order valence-electron chi connectivity index (χ0n) is 15.4. The van der Waals surface area contributed by atoms with Gasteiger partial charge in [-0.2, -0.15) is 13.2 Å². The Hall–Kier alpha value is -2.34. The second-order valence-electron chi connectivity index (χ2n) is 7.12. The van der Waals surface area contributed by atoms with Crippen molar-refractivity contribution < 1.29 is 18.0 Å². The topological polar surface area (TPSA) is 41.5 Å². The number of amidine groups is 1. The predicted octanol–water partition coefficient (Wildman–Crippen LogP) is 6.14. The maximum Gasteiger partial charge on any atom is 0.417 e. The van der Waals surface area contributed by atoms with Crippen LogP contribution in [0, 0.1) is 0 Å². The molecule has 0 unspecified atom stereocenters. The highest BCUT2D eigenvalue weighted by Crippen LogP contribution is 2.39. The van der Waals surface area contributed by atoms with Gasteiger partial charge in [0, 0.05) is 5.56 Å². The second kappa shape index (κ2) is 7.72. The van der Waals surface area contributed by atoms with Crippen LogP contribution in [0.15, 0.2) is 47.5 Å². The summed E-state index contributed by atoms with van der Waals surface area (Å²) >= 11 is 5.81. The van der Waals surface area contributed by atoms with Crippen LogP contribution in [0.3, 0.4) is 0 Å². The van der Waals surface area contributed by atoms with Gasteiger partial charge in [0.15, 0.2) is 0 Å². The number of benzene rings is 2. The third-order valence-corrected chi connectivity index (χ3v) is 4.28. The molecule has 144 valence electrons. The highest BCUT2D eigenvalue weighted by Gasteiger charge is 2.33. The van der Waals surface area contributed by atoms with Crippen molar-refractivity contribution in [2.45, 2.75) is 39.3 Å². The zero-order valence-corrected chi connectivity index (χ0v) is 16.2. The molecule has 0 atom stereocenters. The fraction of sp³-hybridized carbons (Fsp3) is 0.300. The molecule has 2 aromatic rings. The Morgan fingerprint density at radius 1 is 1.04 bits per heavy atom. The van der Waals surface area contributed by atoms with E-state index in [9.17, 15) is 18.0 Å². The minimum atomic E-state index is -4.57. The molecule has 1 amide bonds. The maximum atomic E-state index is 12.9. The van der Waals surface area contributed by atoms with Crippen LogP contribution in [0.25, 0.3) is 0 Å². The smallest absolute Gasteiger partial charge is 0.310 e. The SMILES string of the molecule is CC(=Nc1cccc(C(F)(F)F)c1Cl)NC(=O)c1ccc(C(C)(C)C)cc1. The van der Waals surface area contributed by atoms with Crippen molar-refractivity contribution in [3.05, 3.63) is 64.2 Å². The first-order chi connectivity index (χ1) is 12.4. The van der Waals surface area contributed by atoms with E-state index in [-0.39, 0.29) is 16.9 Å². The summed E-state index contributed by atoms with van der Waals surface area (Å²) in [6, 6.07) is 10.6. The van der Waals surface area contributed by atoms with Gasteiger partial charge in [-0.1, -0.05) is 50.6 Å². The monoisotopic (exact) mass is 396 g/mol. The molecule has 2 rings (SSSR count). The van der Waals surface area contributed by atoms with Crippen LogP contribution in [-0.4, -0.2) is 11.7 Å². The van der Waals surface area contributed by atoms with Crippen molar-refractivity contribution in [3.8, 4) is 0 Å². The largest absolute Gasteiger partial charge is 0.417 e. The van der Waals surface area contributed by atoms with E-state index in [0.717, 1.165) is 11.6 Å². The molecule has 0 aromatic heterocycles. The molecule has 0 heterocycles. The molecule has 0 spiro atoms. The summed E-state index contributed by atoms with van der Waals surface area (Å²) in [5.41, 5.74) is 0.440. The van der Waals surface area contributed by atoms with E-state index in [1.807, 2.05) is 12.1 Å². The lowest BCUT2D eigenvalue weighted by atomic mass is 9.87. The Balaban J connectivity index is 2.20. The lowest BCUT2D eigenvalue weighted by Crippen LogP contribution is -2.28. The molecule has 0 saturated heterocycles. The number of carbonyl (C=O) groups is 1. The third kappa shape index (κ3) is 5.32. The molecule has 2 aromatic carbocycles. The number of carbonyl (C=O) groups excluding carboxylic acids is 1. The molecule has 0 bridgehead atoms. The van der Waals surface area contributed by atoms with E-state index >= 15 is 0 Å². The molecule has 0 fully saturated rings. The Morgan fingerprint density at radius 2 is 1.63 bits per heavy atom. The number of rotatable bonds is 2. The minimum Gasteiger partial charge on any atom is -0.310 e. The van der Waals surface area contributed by atoms with Crippen LogP contribution in [-0.2, 0) is 11.6 Å². The number of aliphatic imine (C=N–C) groups is 1. The van der Waals surface area contributed by atoms with Crippen LogP contribution in [0.2, 0.25) is 5.02 Å². The van der Waals surface area contributed by atoms with Crippen molar-refractivity contribution in [3.63, 3.8) is 0 Å². The first-order valence-corrected chi connectivity index (χ1v) is 8.60. The fourth-order valence-corrected chi connectivity index (χ4v) is 2.67. The van der Waals surface area contributed by atoms with E-state index in [0.29, 0.717) is 5.56 Å². The molecule has 7 heteroatoms. The van der Waals surface area contributed by atoms with Gasteiger partial charge in [0.05, 0.1) is 16.3 Å². The molecule has 0 aliphatic carbocycles. The maximum absolute atomic E-state index is 12.9. The van der Waals surface area contributed by atoms with E-state index in [2.05, 4.69) is 31.1 Å². The fourth-order valence-electron chi connectivity index (χ4n) is 2.39. The first-order valence-electron chi connectivity index (χ1n) is 8.22. The minimum absolute atomic E-state index is 0.0351. The number of nitrogens with one attached hydrogen (secondary N) is 1. The summed E-state index contributed by atoms with van der Waals surface area (Å²) in [5, 5.41) is 2.05. The zero-order chi connectivity index (χ0) is 20.4. The van der Waals surface area contributed by atoms with Crippen LogP contribution < -0.4 is 5.32 Å². The summed E-state index contributed by atoms with van der Waals surface area (Å²) in [4.78, 5) is 16.3. The third-order valence-electron chi connectivity index (χ3n) is 3.88. The number of halogens is 4. The second-order valence-corrected chi connectivity index (χ2v) is 7.49. The molecule has 1 N–H and O–H groups in total. The molecule has 0 aliphatic heterocycles. The van der Waals surface area contributed by atoms with E-state index in [1.54, 1.807) is 12.1 Å². The van der Waals surface area contributed by atoms with Gasteiger partial charge in [-0.25, -0.2) is 4.99 Å². The van der Waals surface area contributed by atoms with Gasteiger partial charge >= 0.3 is 6.18 Å². The van der Waals surface area contributed by atoms with Gasteiger partial charge in [-0.15, -0.1) is 0 Å². The van der Waals surface area contributed by atoms with E-state index in [1.165, 1.54) is 19.1 Å². The van der Waals surface area contributed by atoms with Gasteiger partial charge in [-0.3, -0.25) is 4.79 Å². The molecule has 0 radical (unpaired) electrons. The van der Waals surface area contributed by atoms with Gasteiger partial charge < -0.3 is 5.32 Å². The Bertz CT molecular complexity index is 866. The molecular formula is C20H20ClF3N2O. The summed E-state index contributed by atoms with van der Waals surface area (Å²) in [6.07, 6.45) is -4.57. The Kier molecular flexibility index (Phi) is 6.00. The average Bonchev–Trinajstić information content (AvgIpc) is 2.55. The molecular weight excluding hydrogens is 377 g/mol. The number of hydrogen-bond donors (Lipinski definition) is 1. The molecule has 27 heavy (non-hydrogen) atoms. The van der Waals surface area contributed by atoms with Crippen LogP contribution >= 0.6 is 11.6 Å². The van der Waals surface area contributed by atoms with Crippen LogP contribution in [0.1, 0.15) is 49.2 Å². The predicted molar refractivity (Wildman–Crippen MR) is 102 cm³/mol. The Morgan fingerprint density at radius 3 is 2.15 bits per heavy atom. The quantitative estimate of drug-likeness (QED) is 0.481. The lowest BCUT2D eigenvalue weighted by molar-refractivity contribution is -0.137. The highest BCUT2D eigenvalue weighted by atomic mass is 35.5. The van der Waals surface area contributed by atoms with Crippen molar-refractivity contribution in [1.82, 2.24) is 5.32 Å². The Labute approximate surface area is 161 Å². The summed E-state index contributed by atoms with van der Waals surface area (Å²) in [7, 11) is 0. The number of alkyl halides is 3. The summed E-state index contributed by atoms with van der Waals surface area (Å²) in [6.45, 7) is 7.69. The number of amides is 1. The molecule has 0 saturated carbocycles. The standard InChI is InChI=1S/C20H20ClF3N2O/c1-12(25-16-7-5-6-15(17(16)21)20(22,23)24)26-18(27)13-8-10-14(11-9-13)19(2,3)4/h5-11H,1-4H3,(H,25,26,27). The summed E-state index contributed by atoms with van der Waals surface area (Å²) < 4.78 is 38.7. The first kappa shape index (κ1) is 21.0. The number of nitrogens with zero attached hydrogens (tertiary/aromatic N) is 1. The molecule has 3 nitrogen and oxygen atoms in total. The van der Waals surface area contributed by atoms with Gasteiger partial charge in [0.2, 0.25) is 0 Å². The normalized spacial score (nSPS) is 12.8. The molecule has 0 aliphatic rings. The van der Waals surface area contributed by atoms with Crippen molar-refractivity contribution in [1.29, 1.82) is 0 Å². The van der Waals surface area contributed by atoms with Crippen LogP contribution in [0.5, 0.6) is 0 Å². The van der Waals surface area contributed by atoms with Gasteiger partial charge in [0.1, 0.15) is 5.84 Å². The van der Waals surface area contributed by atoms with Gasteiger partial charge in [0.25, 0.3) is 5.91 Å². The van der Waals surface area contributed by atoms with E-state index in [4.69, 9.17) is 11.6 Å². The summed E-state index contributed by atoms with van der Waals surface area (Å²) in [5.74, 6) is -0.263. The van der Waals surface area contributed by atoms with Crippen molar-refractivity contribution in [2.75, 3.05) is 0 Å². The van der Waals surface area contributed by atoms with Gasteiger partial charge in [-0.05, 0) is 42.2 Å². The van der Waals surface area contributed by atoms with E-state index < -0.39 is 22.7 Å². The van der Waals surface area contributed by atoms with Crippen molar-refractivity contribution in [2.24, 2.45) is 4.99 Å².